The van der Waals surface area contributed by atoms with Gasteiger partial charge in [-0.05, 0) is 11.6 Å². The molecule has 0 amide bonds. The van der Waals surface area contributed by atoms with Gasteiger partial charge >= 0.3 is 0 Å². The van der Waals surface area contributed by atoms with Crippen LogP contribution in [0.25, 0.3) is 0 Å². The summed E-state index contributed by atoms with van der Waals surface area (Å²) in [7, 11) is 0. The van der Waals surface area contributed by atoms with Crippen LogP contribution in [0.3, 0.4) is 0 Å². The van der Waals surface area contributed by atoms with Gasteiger partial charge in [-0.1, -0.05) is 42.5 Å². The van der Waals surface area contributed by atoms with Gasteiger partial charge in [-0.25, -0.2) is 4.39 Å². The van der Waals surface area contributed by atoms with Gasteiger partial charge in [0, 0.05) is 0 Å². The Hall–Kier alpha value is -1.45. The molecule has 2 atom stereocenters. The number of benzene rings is 1. The molecule has 15 heavy (non-hydrogen) atoms. The van der Waals surface area contributed by atoms with Crippen molar-refractivity contribution >= 4 is 0 Å². The first-order valence-corrected chi connectivity index (χ1v) is 4.79. The standard InChI is InChI=1S/C12H13FN2/c13-10-7-4-8-12(15,11(10)14)9-5-2-1-3-6-9/h1-8,11H,14-15H2. The minimum Gasteiger partial charge on any atom is -0.320 e. The van der Waals surface area contributed by atoms with Crippen molar-refractivity contribution < 1.29 is 4.39 Å². The maximum absolute atomic E-state index is 13.4. The lowest BCUT2D eigenvalue weighted by molar-refractivity contribution is 0.404. The van der Waals surface area contributed by atoms with Gasteiger partial charge in [0.05, 0.1) is 11.6 Å². The highest BCUT2D eigenvalue weighted by Crippen LogP contribution is 2.30. The van der Waals surface area contributed by atoms with Gasteiger partial charge in [-0.2, -0.15) is 0 Å². The molecule has 0 aromatic heterocycles. The summed E-state index contributed by atoms with van der Waals surface area (Å²) in [5, 5.41) is 0. The number of hydrogen-bond acceptors (Lipinski definition) is 2. The molecule has 0 aliphatic heterocycles. The van der Waals surface area contributed by atoms with Crippen molar-refractivity contribution in [3.63, 3.8) is 0 Å². The van der Waals surface area contributed by atoms with Crippen LogP contribution in [0.1, 0.15) is 5.56 Å². The minimum absolute atomic E-state index is 0.385. The zero-order valence-corrected chi connectivity index (χ0v) is 8.23. The SMILES string of the molecule is NC1C(F)=CC=CC1(N)c1ccccc1. The molecule has 0 spiro atoms. The van der Waals surface area contributed by atoms with Gasteiger partial charge in [0.1, 0.15) is 5.83 Å². The van der Waals surface area contributed by atoms with Gasteiger partial charge < -0.3 is 11.5 Å². The van der Waals surface area contributed by atoms with Crippen LogP contribution in [0, 0.1) is 0 Å². The monoisotopic (exact) mass is 204 g/mol. The van der Waals surface area contributed by atoms with Crippen LogP contribution in [-0.4, -0.2) is 6.04 Å². The third-order valence-corrected chi connectivity index (χ3v) is 2.71. The Morgan fingerprint density at radius 3 is 2.53 bits per heavy atom. The van der Waals surface area contributed by atoms with Gasteiger partial charge in [-0.15, -0.1) is 0 Å². The molecule has 2 unspecified atom stereocenters. The highest BCUT2D eigenvalue weighted by atomic mass is 19.1. The molecule has 1 aromatic carbocycles. The van der Waals surface area contributed by atoms with Gasteiger partial charge in [0.2, 0.25) is 0 Å². The lowest BCUT2D eigenvalue weighted by Crippen LogP contribution is -2.52. The predicted molar refractivity (Wildman–Crippen MR) is 58.6 cm³/mol. The lowest BCUT2D eigenvalue weighted by Gasteiger charge is -2.33. The molecular formula is C12H13FN2. The summed E-state index contributed by atoms with van der Waals surface area (Å²) in [6.07, 6.45) is 4.68. The molecule has 0 saturated heterocycles. The fourth-order valence-corrected chi connectivity index (χ4v) is 1.74. The van der Waals surface area contributed by atoms with E-state index in [0.717, 1.165) is 5.56 Å². The maximum Gasteiger partial charge on any atom is 0.119 e. The summed E-state index contributed by atoms with van der Waals surface area (Å²) in [5.74, 6) is -0.385. The first-order chi connectivity index (χ1) is 7.14. The van der Waals surface area contributed by atoms with Crippen molar-refractivity contribution in [1.29, 1.82) is 0 Å². The average Bonchev–Trinajstić information content (AvgIpc) is 2.27. The van der Waals surface area contributed by atoms with E-state index in [1.54, 1.807) is 12.2 Å². The van der Waals surface area contributed by atoms with E-state index in [9.17, 15) is 4.39 Å². The quantitative estimate of drug-likeness (QED) is 0.730. The second kappa shape index (κ2) is 3.61. The predicted octanol–water partition coefficient (Wildman–Crippen LogP) is 1.59. The second-order valence-electron chi connectivity index (χ2n) is 3.69. The molecule has 2 nitrogen and oxygen atoms in total. The van der Waals surface area contributed by atoms with Crippen LogP contribution in [0.15, 0.2) is 54.4 Å². The van der Waals surface area contributed by atoms with Crippen molar-refractivity contribution in [2.45, 2.75) is 11.6 Å². The Bertz CT molecular complexity index is 411. The summed E-state index contributed by atoms with van der Waals surface area (Å²) >= 11 is 0. The fourth-order valence-electron chi connectivity index (χ4n) is 1.74. The van der Waals surface area contributed by atoms with E-state index in [0.29, 0.717) is 0 Å². The molecule has 0 bridgehead atoms. The largest absolute Gasteiger partial charge is 0.320 e. The van der Waals surface area contributed by atoms with Crippen molar-refractivity contribution in [2.75, 3.05) is 0 Å². The summed E-state index contributed by atoms with van der Waals surface area (Å²) < 4.78 is 13.4. The second-order valence-corrected chi connectivity index (χ2v) is 3.69. The third-order valence-electron chi connectivity index (χ3n) is 2.71. The Morgan fingerprint density at radius 1 is 1.20 bits per heavy atom. The molecule has 0 fully saturated rings. The van der Waals surface area contributed by atoms with Crippen LogP contribution >= 0.6 is 0 Å². The van der Waals surface area contributed by atoms with E-state index in [4.69, 9.17) is 11.5 Å². The Kier molecular flexibility index (Phi) is 2.42. The summed E-state index contributed by atoms with van der Waals surface area (Å²) in [6, 6.07) is 8.49. The Labute approximate surface area is 88.1 Å². The Morgan fingerprint density at radius 2 is 1.87 bits per heavy atom. The first kappa shape index (κ1) is 10.1. The molecule has 0 heterocycles. The topological polar surface area (TPSA) is 52.0 Å². The zero-order valence-electron chi connectivity index (χ0n) is 8.23. The van der Waals surface area contributed by atoms with Crippen LogP contribution < -0.4 is 11.5 Å². The highest BCUT2D eigenvalue weighted by molar-refractivity contribution is 5.39. The normalized spacial score (nSPS) is 30.1. The zero-order chi connectivity index (χ0) is 10.9. The van der Waals surface area contributed by atoms with Crippen molar-refractivity contribution in [1.82, 2.24) is 0 Å². The van der Waals surface area contributed by atoms with E-state index in [2.05, 4.69) is 0 Å². The van der Waals surface area contributed by atoms with Crippen LogP contribution in [0.4, 0.5) is 4.39 Å². The fraction of sp³-hybridized carbons (Fsp3) is 0.167. The first-order valence-electron chi connectivity index (χ1n) is 4.79. The highest BCUT2D eigenvalue weighted by Gasteiger charge is 2.36. The van der Waals surface area contributed by atoms with E-state index in [1.807, 2.05) is 30.3 Å². The minimum atomic E-state index is -0.944. The number of nitrogens with two attached hydrogens (primary N) is 2. The smallest absolute Gasteiger partial charge is 0.119 e. The van der Waals surface area contributed by atoms with E-state index in [-0.39, 0.29) is 5.83 Å². The summed E-state index contributed by atoms with van der Waals surface area (Å²) in [4.78, 5) is 0. The number of halogens is 1. The average molecular weight is 204 g/mol. The molecule has 1 aromatic rings. The van der Waals surface area contributed by atoms with Crippen molar-refractivity contribution in [3.8, 4) is 0 Å². The Balaban J connectivity index is 2.44. The van der Waals surface area contributed by atoms with Gasteiger partial charge in [-0.3, -0.25) is 0 Å². The van der Waals surface area contributed by atoms with E-state index >= 15 is 0 Å². The number of rotatable bonds is 1. The van der Waals surface area contributed by atoms with Crippen LogP contribution in [0.2, 0.25) is 0 Å². The molecule has 0 saturated carbocycles. The molecule has 1 aliphatic rings. The van der Waals surface area contributed by atoms with Crippen molar-refractivity contribution in [2.24, 2.45) is 11.5 Å². The van der Waals surface area contributed by atoms with E-state index < -0.39 is 11.6 Å². The number of allylic oxidation sites excluding steroid dienone is 2. The van der Waals surface area contributed by atoms with Crippen LogP contribution in [0.5, 0.6) is 0 Å². The number of hydrogen-bond donors (Lipinski definition) is 2. The van der Waals surface area contributed by atoms with Gasteiger partial charge in [0.15, 0.2) is 0 Å². The summed E-state index contributed by atoms with van der Waals surface area (Å²) in [5.41, 5.74) is 11.8. The maximum atomic E-state index is 13.4. The van der Waals surface area contributed by atoms with Crippen molar-refractivity contribution in [3.05, 3.63) is 60.0 Å². The molecule has 4 N–H and O–H groups in total. The molecule has 78 valence electrons. The third kappa shape index (κ3) is 1.60. The summed E-state index contributed by atoms with van der Waals surface area (Å²) in [6.45, 7) is 0. The van der Waals surface area contributed by atoms with E-state index in [1.165, 1.54) is 6.08 Å². The lowest BCUT2D eigenvalue weighted by atomic mass is 9.81. The molecule has 1 aliphatic carbocycles. The molecule has 3 heteroatoms. The molecule has 0 radical (unpaired) electrons. The van der Waals surface area contributed by atoms with Gasteiger partial charge in [0.25, 0.3) is 0 Å². The molecular weight excluding hydrogens is 191 g/mol. The molecule has 2 rings (SSSR count). The van der Waals surface area contributed by atoms with Crippen LogP contribution in [-0.2, 0) is 5.54 Å².